The monoisotopic (exact) mass is 256 g/mol. The molecule has 0 amide bonds. The second-order valence-electron chi connectivity index (χ2n) is 4.37. The molecule has 0 radical (unpaired) electrons. The van der Waals surface area contributed by atoms with Gasteiger partial charge in [0.15, 0.2) is 0 Å². The van der Waals surface area contributed by atoms with E-state index in [0.717, 1.165) is 11.1 Å². The van der Waals surface area contributed by atoms with Crippen LogP contribution in [0.1, 0.15) is 19.4 Å². The first-order valence-corrected chi connectivity index (χ1v) is 6.10. The smallest absolute Gasteiger partial charge is 0.336 e. The molecule has 0 fully saturated rings. The first-order chi connectivity index (χ1) is 9.15. The van der Waals surface area contributed by atoms with Crippen molar-refractivity contribution in [2.75, 3.05) is 0 Å². The molecule has 0 spiro atoms. The molecule has 1 aromatic carbocycles. The molecule has 1 heterocycles. The molecule has 0 aromatic heterocycles. The van der Waals surface area contributed by atoms with Crippen molar-refractivity contribution in [2.45, 2.75) is 20.1 Å². The molecule has 0 bridgehead atoms. The summed E-state index contributed by atoms with van der Waals surface area (Å²) in [4.78, 5) is 11.1. The predicted molar refractivity (Wildman–Crippen MR) is 74.0 cm³/mol. The van der Waals surface area contributed by atoms with Gasteiger partial charge in [-0.15, -0.1) is 0 Å². The van der Waals surface area contributed by atoms with Crippen LogP contribution in [0, 0.1) is 0 Å². The molecule has 1 aromatic rings. The number of hydrogen-bond donors (Lipinski definition) is 0. The van der Waals surface area contributed by atoms with Crippen LogP contribution in [-0.2, 0) is 14.3 Å². The lowest BCUT2D eigenvalue weighted by Crippen LogP contribution is -2.09. The van der Waals surface area contributed by atoms with Gasteiger partial charge in [-0.25, -0.2) is 4.79 Å². The van der Waals surface area contributed by atoms with Gasteiger partial charge in [0.1, 0.15) is 0 Å². The number of esters is 1. The largest absolute Gasteiger partial charge is 0.458 e. The molecule has 1 unspecified atom stereocenters. The van der Waals surface area contributed by atoms with E-state index < -0.39 is 6.29 Å². The summed E-state index contributed by atoms with van der Waals surface area (Å²) in [6.07, 6.45) is 6.59. The highest BCUT2D eigenvalue weighted by Crippen LogP contribution is 2.15. The summed E-state index contributed by atoms with van der Waals surface area (Å²) < 4.78 is 10.3. The van der Waals surface area contributed by atoms with Crippen LogP contribution in [0.15, 0.2) is 59.9 Å². The Morgan fingerprint density at radius 2 is 2.05 bits per heavy atom. The fourth-order valence-electron chi connectivity index (χ4n) is 1.58. The first-order valence-electron chi connectivity index (χ1n) is 6.10. The summed E-state index contributed by atoms with van der Waals surface area (Å²) in [5.74, 6) is -0.323. The number of rotatable bonds is 4. The maximum Gasteiger partial charge on any atom is 0.336 e. The standard InChI is InChI=1S/C16H16O3/c1-12(8-9-14-6-4-3-5-7-14)11-18-15-10-13(2)16(17)19-15/h3-11,15H,1-2H3/b9-8+,12-11-. The molecule has 3 heteroatoms. The Kier molecular flexibility index (Phi) is 4.18. The Labute approximate surface area is 112 Å². The van der Waals surface area contributed by atoms with E-state index in [1.807, 2.05) is 49.4 Å². The Hall–Kier alpha value is -2.29. The van der Waals surface area contributed by atoms with Crippen LogP contribution < -0.4 is 0 Å². The lowest BCUT2D eigenvalue weighted by Gasteiger charge is -2.07. The highest BCUT2D eigenvalue weighted by Gasteiger charge is 2.22. The maximum atomic E-state index is 11.1. The van der Waals surface area contributed by atoms with E-state index in [9.17, 15) is 4.79 Å². The molecule has 0 N–H and O–H groups in total. The third kappa shape index (κ3) is 3.85. The molecule has 0 saturated heterocycles. The van der Waals surface area contributed by atoms with Crippen molar-refractivity contribution in [3.63, 3.8) is 0 Å². The van der Waals surface area contributed by atoms with E-state index in [0.29, 0.717) is 5.57 Å². The van der Waals surface area contributed by atoms with Crippen LogP contribution in [-0.4, -0.2) is 12.3 Å². The van der Waals surface area contributed by atoms with Gasteiger partial charge in [-0.3, -0.25) is 0 Å². The second-order valence-corrected chi connectivity index (χ2v) is 4.37. The van der Waals surface area contributed by atoms with Crippen molar-refractivity contribution in [2.24, 2.45) is 0 Å². The molecule has 0 aliphatic carbocycles. The van der Waals surface area contributed by atoms with Crippen LogP contribution in [0.4, 0.5) is 0 Å². The zero-order valence-corrected chi connectivity index (χ0v) is 11.0. The zero-order chi connectivity index (χ0) is 13.7. The molecular weight excluding hydrogens is 240 g/mol. The van der Waals surface area contributed by atoms with Crippen LogP contribution in [0.25, 0.3) is 6.08 Å². The number of carbonyl (C=O) groups is 1. The van der Waals surface area contributed by atoms with Crippen LogP contribution in [0.2, 0.25) is 0 Å². The number of hydrogen-bond acceptors (Lipinski definition) is 3. The minimum atomic E-state index is -0.604. The molecule has 2 rings (SSSR count). The Morgan fingerprint density at radius 3 is 2.68 bits per heavy atom. The maximum absolute atomic E-state index is 11.1. The zero-order valence-electron chi connectivity index (χ0n) is 11.0. The third-order valence-electron chi connectivity index (χ3n) is 2.66. The fourth-order valence-corrected chi connectivity index (χ4v) is 1.58. The quantitative estimate of drug-likeness (QED) is 0.470. The lowest BCUT2D eigenvalue weighted by atomic mass is 10.2. The molecule has 1 aliphatic heterocycles. The predicted octanol–water partition coefficient (Wildman–Crippen LogP) is 3.45. The van der Waals surface area contributed by atoms with Crippen molar-refractivity contribution in [1.29, 1.82) is 0 Å². The van der Waals surface area contributed by atoms with Crippen LogP contribution >= 0.6 is 0 Å². The number of carbonyl (C=O) groups excluding carboxylic acids is 1. The van der Waals surface area contributed by atoms with Crippen molar-refractivity contribution in [3.05, 3.63) is 65.5 Å². The van der Waals surface area contributed by atoms with Gasteiger partial charge in [0.25, 0.3) is 6.29 Å². The van der Waals surface area contributed by atoms with Gasteiger partial charge in [-0.05, 0) is 25.0 Å². The average Bonchev–Trinajstić information content (AvgIpc) is 2.74. The van der Waals surface area contributed by atoms with E-state index in [2.05, 4.69) is 0 Å². The summed E-state index contributed by atoms with van der Waals surface area (Å²) in [6, 6.07) is 10.00. The summed E-state index contributed by atoms with van der Waals surface area (Å²) in [7, 11) is 0. The van der Waals surface area contributed by atoms with Gasteiger partial charge in [-0.1, -0.05) is 42.5 Å². The Morgan fingerprint density at radius 1 is 1.32 bits per heavy atom. The molecule has 3 nitrogen and oxygen atoms in total. The number of allylic oxidation sites excluding steroid dienone is 2. The fraction of sp³-hybridized carbons (Fsp3) is 0.188. The van der Waals surface area contributed by atoms with Crippen molar-refractivity contribution in [3.8, 4) is 0 Å². The van der Waals surface area contributed by atoms with Gasteiger partial charge in [0, 0.05) is 11.6 Å². The van der Waals surface area contributed by atoms with E-state index in [-0.39, 0.29) is 5.97 Å². The highest BCUT2D eigenvalue weighted by atomic mass is 16.7. The molecule has 98 valence electrons. The molecular formula is C16H16O3. The summed E-state index contributed by atoms with van der Waals surface area (Å²) in [6.45, 7) is 3.63. The first kappa shape index (κ1) is 13.1. The van der Waals surface area contributed by atoms with Gasteiger partial charge < -0.3 is 9.47 Å². The summed E-state index contributed by atoms with van der Waals surface area (Å²) in [5.41, 5.74) is 2.65. The molecule has 1 aliphatic rings. The van der Waals surface area contributed by atoms with Gasteiger partial charge >= 0.3 is 5.97 Å². The molecule has 0 saturated carbocycles. The van der Waals surface area contributed by atoms with Crippen molar-refractivity contribution >= 4 is 12.0 Å². The van der Waals surface area contributed by atoms with E-state index in [1.165, 1.54) is 0 Å². The minimum Gasteiger partial charge on any atom is -0.458 e. The van der Waals surface area contributed by atoms with Crippen LogP contribution in [0.3, 0.4) is 0 Å². The van der Waals surface area contributed by atoms with E-state index in [1.54, 1.807) is 19.3 Å². The number of ether oxygens (including phenoxy) is 2. The minimum absolute atomic E-state index is 0.323. The SMILES string of the molecule is CC1=CC(O/C=C(C)\C=C\c2ccccc2)OC1=O. The topological polar surface area (TPSA) is 35.5 Å². The summed E-state index contributed by atoms with van der Waals surface area (Å²) in [5, 5.41) is 0. The van der Waals surface area contributed by atoms with Gasteiger partial charge in [0.05, 0.1) is 6.26 Å². The highest BCUT2D eigenvalue weighted by molar-refractivity contribution is 5.89. The van der Waals surface area contributed by atoms with Gasteiger partial charge in [-0.2, -0.15) is 0 Å². The lowest BCUT2D eigenvalue weighted by molar-refractivity contribution is -0.152. The third-order valence-corrected chi connectivity index (χ3v) is 2.66. The van der Waals surface area contributed by atoms with Gasteiger partial charge in [0.2, 0.25) is 0 Å². The van der Waals surface area contributed by atoms with E-state index >= 15 is 0 Å². The average molecular weight is 256 g/mol. The van der Waals surface area contributed by atoms with Crippen molar-refractivity contribution in [1.82, 2.24) is 0 Å². The van der Waals surface area contributed by atoms with Crippen molar-refractivity contribution < 1.29 is 14.3 Å². The molecule has 1 atom stereocenters. The Bertz CT molecular complexity index is 538. The number of benzene rings is 1. The molecule has 19 heavy (non-hydrogen) atoms. The summed E-state index contributed by atoms with van der Waals surface area (Å²) >= 11 is 0. The number of cyclic esters (lactones) is 1. The van der Waals surface area contributed by atoms with Crippen LogP contribution in [0.5, 0.6) is 0 Å². The van der Waals surface area contributed by atoms with E-state index in [4.69, 9.17) is 9.47 Å². The normalized spacial score (nSPS) is 19.5. The second kappa shape index (κ2) is 6.05. The Balaban J connectivity index is 1.90.